The molecule has 3 aromatic rings. The summed E-state index contributed by atoms with van der Waals surface area (Å²) in [6.45, 7) is 0.0561. The number of nitrogens with zero attached hydrogens (tertiary/aromatic N) is 1. The monoisotopic (exact) mass is 486 g/mol. The molecule has 0 saturated carbocycles. The number of carbonyl (C=O) groups excluding carboxylic acids is 2. The van der Waals surface area contributed by atoms with E-state index >= 15 is 0 Å². The average Bonchev–Trinajstić information content (AvgIpc) is 2.89. The zero-order chi connectivity index (χ0) is 25.8. The van der Waals surface area contributed by atoms with Gasteiger partial charge in [0.25, 0.3) is 0 Å². The first-order chi connectivity index (χ1) is 17.5. The summed E-state index contributed by atoms with van der Waals surface area (Å²) in [7, 11) is 0. The maximum Gasteiger partial charge on any atom is 0.412 e. The first kappa shape index (κ1) is 25.8. The molecule has 9 heteroatoms. The lowest BCUT2D eigenvalue weighted by Crippen LogP contribution is -2.17. The normalized spacial score (nSPS) is 11.3. The van der Waals surface area contributed by atoms with Gasteiger partial charge in [0.05, 0.1) is 29.6 Å². The van der Waals surface area contributed by atoms with E-state index < -0.39 is 12.2 Å². The molecule has 0 heterocycles. The van der Waals surface area contributed by atoms with Crippen molar-refractivity contribution in [3.05, 3.63) is 96.1 Å². The Bertz CT molecular complexity index is 1230. The topological polar surface area (TPSA) is 147 Å². The minimum absolute atomic E-state index is 0.107. The second-order valence-electron chi connectivity index (χ2n) is 7.56. The summed E-state index contributed by atoms with van der Waals surface area (Å²) >= 11 is 0. The van der Waals surface area contributed by atoms with Crippen LogP contribution < -0.4 is 21.1 Å². The predicted octanol–water partition coefficient (Wildman–Crippen LogP) is 4.39. The molecule has 0 aliphatic rings. The number of anilines is 3. The van der Waals surface area contributed by atoms with Crippen molar-refractivity contribution in [2.75, 3.05) is 29.6 Å². The highest BCUT2D eigenvalue weighted by Gasteiger charge is 2.17. The molecule has 0 saturated heterocycles. The van der Waals surface area contributed by atoms with Gasteiger partial charge in [-0.05, 0) is 60.2 Å². The molecule has 0 unspecified atom stereocenters. The molecule has 9 nitrogen and oxygen atoms in total. The van der Waals surface area contributed by atoms with Gasteiger partial charge in [0, 0.05) is 12.1 Å². The summed E-state index contributed by atoms with van der Waals surface area (Å²) in [4.78, 5) is 24.9. The van der Waals surface area contributed by atoms with Crippen LogP contribution in [0.2, 0.25) is 0 Å². The van der Waals surface area contributed by atoms with Gasteiger partial charge < -0.3 is 25.6 Å². The van der Waals surface area contributed by atoms with Crippen LogP contribution in [0.5, 0.6) is 5.75 Å². The number of carbonyl (C=O) groups is 2. The molecule has 0 radical (unpaired) electrons. The maximum atomic E-state index is 12.6. The minimum atomic E-state index is -0.707. The van der Waals surface area contributed by atoms with Crippen LogP contribution in [-0.2, 0) is 9.53 Å². The zero-order valence-electron chi connectivity index (χ0n) is 19.4. The molecule has 36 heavy (non-hydrogen) atoms. The predicted molar refractivity (Wildman–Crippen MR) is 136 cm³/mol. The Balaban J connectivity index is 1.68. The largest absolute Gasteiger partial charge is 0.491 e. The highest BCUT2D eigenvalue weighted by atomic mass is 16.6. The van der Waals surface area contributed by atoms with Gasteiger partial charge in [0.2, 0.25) is 5.91 Å². The summed E-state index contributed by atoms with van der Waals surface area (Å²) in [5, 5.41) is 23.2. The van der Waals surface area contributed by atoms with E-state index in [1.807, 2.05) is 6.07 Å². The number of rotatable bonds is 10. The van der Waals surface area contributed by atoms with Crippen LogP contribution in [-0.4, -0.2) is 30.3 Å². The van der Waals surface area contributed by atoms with Gasteiger partial charge in [-0.15, -0.1) is 0 Å². The number of nitrogen functional groups attached to an aromatic ring is 1. The van der Waals surface area contributed by atoms with E-state index in [2.05, 4.69) is 10.6 Å². The van der Waals surface area contributed by atoms with Crippen molar-refractivity contribution in [3.63, 3.8) is 0 Å². The fourth-order valence-corrected chi connectivity index (χ4v) is 3.18. The van der Waals surface area contributed by atoms with Crippen molar-refractivity contribution in [1.29, 1.82) is 5.26 Å². The van der Waals surface area contributed by atoms with Crippen molar-refractivity contribution in [2.45, 2.75) is 12.5 Å². The molecule has 0 spiro atoms. The third-order valence-electron chi connectivity index (χ3n) is 4.96. The summed E-state index contributed by atoms with van der Waals surface area (Å²) < 4.78 is 11.0. The Morgan fingerprint density at radius 2 is 1.75 bits per heavy atom. The van der Waals surface area contributed by atoms with Crippen LogP contribution in [0.3, 0.4) is 0 Å². The van der Waals surface area contributed by atoms with Crippen LogP contribution in [0, 0.1) is 11.3 Å². The van der Waals surface area contributed by atoms with Crippen molar-refractivity contribution < 1.29 is 24.2 Å². The van der Waals surface area contributed by atoms with Gasteiger partial charge in [-0.3, -0.25) is 10.1 Å². The number of benzene rings is 3. The molecule has 0 bridgehead atoms. The fraction of sp³-hybridized carbons (Fsp3) is 0.148. The number of ether oxygens (including phenoxy) is 2. The molecule has 0 aromatic heterocycles. The molecule has 3 rings (SSSR count). The number of aliphatic hydroxyl groups is 1. The Hall–Kier alpha value is -4.81. The number of hydrogen-bond donors (Lipinski definition) is 4. The number of nitrogens with two attached hydrogens (primary N) is 1. The molecular formula is C27H26N4O5. The lowest BCUT2D eigenvalue weighted by molar-refractivity contribution is -0.111. The van der Waals surface area contributed by atoms with E-state index in [0.717, 1.165) is 0 Å². The number of aliphatic hydroxyl groups excluding tert-OH is 1. The summed E-state index contributed by atoms with van der Waals surface area (Å²) in [5.41, 5.74) is 8.42. The summed E-state index contributed by atoms with van der Waals surface area (Å²) in [6.07, 6.45) is 1.76. The second kappa shape index (κ2) is 13.2. The van der Waals surface area contributed by atoms with E-state index in [4.69, 9.17) is 25.6 Å². The Kier molecular flexibility index (Phi) is 9.44. The first-order valence-corrected chi connectivity index (χ1v) is 11.1. The number of para-hydroxylation sites is 2. The van der Waals surface area contributed by atoms with Crippen molar-refractivity contribution in [1.82, 2.24) is 0 Å². The smallest absolute Gasteiger partial charge is 0.412 e. The van der Waals surface area contributed by atoms with Gasteiger partial charge in [-0.2, -0.15) is 5.26 Å². The minimum Gasteiger partial charge on any atom is -0.491 e. The van der Waals surface area contributed by atoms with Gasteiger partial charge in [-0.1, -0.05) is 30.3 Å². The zero-order valence-corrected chi connectivity index (χ0v) is 19.4. The third-order valence-corrected chi connectivity index (χ3v) is 4.96. The molecule has 0 aliphatic carbocycles. The van der Waals surface area contributed by atoms with E-state index in [-0.39, 0.29) is 25.5 Å². The quantitative estimate of drug-likeness (QED) is 0.245. The van der Waals surface area contributed by atoms with E-state index in [0.29, 0.717) is 33.9 Å². The summed E-state index contributed by atoms with van der Waals surface area (Å²) in [6, 6.07) is 22.2. The lowest BCUT2D eigenvalue weighted by Gasteiger charge is -2.18. The number of hydrogen-bond acceptors (Lipinski definition) is 7. The SMILES string of the molecule is N#Cc1ccc(NC(=O)O[C@@H](C/C=C/C(=O)Nc2ccccc2N)c2ccc(OCCO)cc2)cc1. The second-order valence-corrected chi connectivity index (χ2v) is 7.56. The van der Waals surface area contributed by atoms with Crippen LogP contribution in [0.4, 0.5) is 21.9 Å². The standard InChI is InChI=1S/C27H26N4O5/c28-18-19-8-12-21(13-9-19)30-27(34)36-25(20-10-14-22(15-11-20)35-17-16-32)6-3-7-26(33)31-24-5-2-1-4-23(24)29/h1-5,7-15,25,32H,6,16-17,29H2,(H,30,34)(H,31,33)/b7-3+/t25-/m0/s1. The molecule has 184 valence electrons. The molecule has 0 fully saturated rings. The van der Waals surface area contributed by atoms with Gasteiger partial charge >= 0.3 is 6.09 Å². The molecule has 2 amide bonds. The summed E-state index contributed by atoms with van der Waals surface area (Å²) in [5.74, 6) is 0.186. The molecule has 0 aliphatic heterocycles. The number of amides is 2. The first-order valence-electron chi connectivity index (χ1n) is 11.1. The van der Waals surface area contributed by atoms with E-state index in [9.17, 15) is 9.59 Å². The number of nitrogens with one attached hydrogen (secondary N) is 2. The van der Waals surface area contributed by atoms with Crippen LogP contribution in [0.1, 0.15) is 23.7 Å². The molecular weight excluding hydrogens is 460 g/mol. The lowest BCUT2D eigenvalue weighted by atomic mass is 10.1. The van der Waals surface area contributed by atoms with Crippen molar-refractivity contribution in [3.8, 4) is 11.8 Å². The molecule has 1 atom stereocenters. The van der Waals surface area contributed by atoms with Crippen LogP contribution in [0.25, 0.3) is 0 Å². The Morgan fingerprint density at radius 1 is 1.03 bits per heavy atom. The van der Waals surface area contributed by atoms with Crippen LogP contribution >= 0.6 is 0 Å². The van der Waals surface area contributed by atoms with Gasteiger partial charge in [-0.25, -0.2) is 4.79 Å². The highest BCUT2D eigenvalue weighted by molar-refractivity contribution is 6.01. The molecule has 5 N–H and O–H groups in total. The highest BCUT2D eigenvalue weighted by Crippen LogP contribution is 2.25. The van der Waals surface area contributed by atoms with E-state index in [1.165, 1.54) is 6.08 Å². The Labute approximate surface area is 208 Å². The fourth-order valence-electron chi connectivity index (χ4n) is 3.18. The van der Waals surface area contributed by atoms with Gasteiger partial charge in [0.15, 0.2) is 0 Å². The van der Waals surface area contributed by atoms with Crippen molar-refractivity contribution >= 4 is 29.1 Å². The average molecular weight is 487 g/mol. The van der Waals surface area contributed by atoms with E-state index in [1.54, 1.807) is 78.9 Å². The maximum absolute atomic E-state index is 12.6. The Morgan fingerprint density at radius 3 is 2.42 bits per heavy atom. The molecule has 3 aromatic carbocycles. The van der Waals surface area contributed by atoms with Crippen molar-refractivity contribution in [2.24, 2.45) is 0 Å². The van der Waals surface area contributed by atoms with Gasteiger partial charge in [0.1, 0.15) is 18.5 Å². The third kappa shape index (κ3) is 7.90. The number of nitriles is 1. The van der Waals surface area contributed by atoms with Crippen LogP contribution in [0.15, 0.2) is 84.9 Å².